The lowest BCUT2D eigenvalue weighted by atomic mass is 9.84. The van der Waals surface area contributed by atoms with Crippen molar-refractivity contribution >= 4 is 5.91 Å². The van der Waals surface area contributed by atoms with Gasteiger partial charge in [0.2, 0.25) is 5.91 Å². The van der Waals surface area contributed by atoms with E-state index in [1.807, 2.05) is 18.7 Å². The molecule has 0 aromatic heterocycles. The van der Waals surface area contributed by atoms with Crippen molar-refractivity contribution in [1.29, 1.82) is 0 Å². The Labute approximate surface area is 80.3 Å². The summed E-state index contributed by atoms with van der Waals surface area (Å²) < 4.78 is 0. The van der Waals surface area contributed by atoms with Crippen molar-refractivity contribution in [3.05, 3.63) is 0 Å². The number of hydrogen-bond acceptors (Lipinski definition) is 2. The van der Waals surface area contributed by atoms with Gasteiger partial charge in [-0.15, -0.1) is 0 Å². The van der Waals surface area contributed by atoms with Crippen LogP contribution in [0.5, 0.6) is 0 Å². The number of carbonyl (C=O) groups is 1. The smallest absolute Gasteiger partial charge is 0.225 e. The zero-order valence-electron chi connectivity index (χ0n) is 8.62. The highest BCUT2D eigenvalue weighted by Crippen LogP contribution is 2.28. The molecule has 0 unspecified atom stereocenters. The maximum atomic E-state index is 11.8. The van der Waals surface area contributed by atoms with E-state index in [-0.39, 0.29) is 6.04 Å². The molecular weight excluding hydrogens is 164 g/mol. The quantitative estimate of drug-likeness (QED) is 0.708. The van der Waals surface area contributed by atoms with E-state index >= 15 is 0 Å². The molecule has 3 heteroatoms. The highest BCUT2D eigenvalue weighted by atomic mass is 16.2. The number of nitrogens with zero attached hydrogens (tertiary/aromatic N) is 1. The first-order valence-corrected chi connectivity index (χ1v) is 5.17. The van der Waals surface area contributed by atoms with E-state index in [9.17, 15) is 4.79 Å². The van der Waals surface area contributed by atoms with Gasteiger partial charge in [-0.2, -0.15) is 0 Å². The van der Waals surface area contributed by atoms with E-state index in [1.54, 1.807) is 0 Å². The first-order valence-electron chi connectivity index (χ1n) is 5.17. The van der Waals surface area contributed by atoms with Crippen molar-refractivity contribution in [3.8, 4) is 0 Å². The summed E-state index contributed by atoms with van der Waals surface area (Å²) >= 11 is 0. The predicted octanol–water partition coefficient (Wildman–Crippen LogP) is 0.982. The third-order valence-corrected chi connectivity index (χ3v) is 2.73. The van der Waals surface area contributed by atoms with Crippen LogP contribution in [-0.4, -0.2) is 29.9 Å². The van der Waals surface area contributed by atoms with Crippen molar-refractivity contribution in [1.82, 2.24) is 4.90 Å². The lowest BCUT2D eigenvalue weighted by molar-refractivity contribution is -0.139. The van der Waals surface area contributed by atoms with Gasteiger partial charge in [0.05, 0.1) is 0 Å². The van der Waals surface area contributed by atoms with Gasteiger partial charge in [-0.05, 0) is 26.7 Å². The van der Waals surface area contributed by atoms with Crippen LogP contribution >= 0.6 is 0 Å². The SMILES string of the molecule is CC(C)N(CCN)C(=O)C1CCC1. The maximum absolute atomic E-state index is 11.8. The molecule has 0 bridgehead atoms. The molecule has 1 aliphatic rings. The maximum Gasteiger partial charge on any atom is 0.225 e. The molecule has 3 nitrogen and oxygen atoms in total. The second-order valence-corrected chi connectivity index (χ2v) is 4.04. The summed E-state index contributed by atoms with van der Waals surface area (Å²) in [5.41, 5.74) is 5.47. The van der Waals surface area contributed by atoms with Gasteiger partial charge in [-0.25, -0.2) is 0 Å². The third kappa shape index (κ3) is 2.44. The summed E-state index contributed by atoms with van der Waals surface area (Å²) in [7, 11) is 0. The molecule has 76 valence electrons. The van der Waals surface area contributed by atoms with Gasteiger partial charge in [-0.3, -0.25) is 4.79 Å². The summed E-state index contributed by atoms with van der Waals surface area (Å²) in [6, 6.07) is 0.289. The molecule has 1 fully saturated rings. The van der Waals surface area contributed by atoms with Crippen LogP contribution in [0.4, 0.5) is 0 Å². The fourth-order valence-electron chi connectivity index (χ4n) is 1.65. The second-order valence-electron chi connectivity index (χ2n) is 4.04. The van der Waals surface area contributed by atoms with Crippen LogP contribution in [0.3, 0.4) is 0 Å². The average Bonchev–Trinajstić information content (AvgIpc) is 1.95. The number of amides is 1. The van der Waals surface area contributed by atoms with Crippen LogP contribution < -0.4 is 5.73 Å². The second kappa shape index (κ2) is 4.61. The van der Waals surface area contributed by atoms with Crippen molar-refractivity contribution in [2.24, 2.45) is 11.7 Å². The normalized spacial score (nSPS) is 17.2. The summed E-state index contributed by atoms with van der Waals surface area (Å²) in [5, 5.41) is 0. The molecule has 0 aromatic carbocycles. The Hall–Kier alpha value is -0.570. The Balaban J connectivity index is 2.47. The van der Waals surface area contributed by atoms with Gasteiger partial charge in [0.15, 0.2) is 0 Å². The molecule has 0 radical (unpaired) electrons. The summed E-state index contributed by atoms with van der Waals surface area (Å²) in [4.78, 5) is 13.7. The highest BCUT2D eigenvalue weighted by Gasteiger charge is 2.29. The van der Waals surface area contributed by atoms with E-state index in [0.717, 1.165) is 12.8 Å². The van der Waals surface area contributed by atoms with Crippen molar-refractivity contribution < 1.29 is 4.79 Å². The van der Waals surface area contributed by atoms with Crippen molar-refractivity contribution in [2.75, 3.05) is 13.1 Å². The minimum absolute atomic E-state index is 0.289. The fraction of sp³-hybridized carbons (Fsp3) is 0.900. The standard InChI is InChI=1S/C10H20N2O/c1-8(2)12(7-6-11)10(13)9-4-3-5-9/h8-9H,3-7,11H2,1-2H3. The van der Waals surface area contributed by atoms with Crippen LogP contribution in [0.15, 0.2) is 0 Å². The van der Waals surface area contributed by atoms with Crippen molar-refractivity contribution in [2.45, 2.75) is 39.2 Å². The van der Waals surface area contributed by atoms with E-state index in [1.165, 1.54) is 6.42 Å². The van der Waals surface area contributed by atoms with Gasteiger partial charge >= 0.3 is 0 Å². The Kier molecular flexibility index (Phi) is 3.72. The zero-order chi connectivity index (χ0) is 9.84. The summed E-state index contributed by atoms with van der Waals surface area (Å²) in [5.74, 6) is 0.612. The molecule has 2 N–H and O–H groups in total. The van der Waals surface area contributed by atoms with E-state index in [4.69, 9.17) is 5.73 Å². The lowest BCUT2D eigenvalue weighted by Gasteiger charge is -2.33. The van der Waals surface area contributed by atoms with Gasteiger partial charge in [-0.1, -0.05) is 6.42 Å². The van der Waals surface area contributed by atoms with E-state index in [0.29, 0.717) is 24.9 Å². The monoisotopic (exact) mass is 184 g/mol. The van der Waals surface area contributed by atoms with Crippen LogP contribution in [0.2, 0.25) is 0 Å². The van der Waals surface area contributed by atoms with Crippen LogP contribution in [0, 0.1) is 5.92 Å². The first-order chi connectivity index (χ1) is 6.16. The lowest BCUT2D eigenvalue weighted by Crippen LogP contribution is -2.45. The molecule has 0 aromatic rings. The van der Waals surface area contributed by atoms with Crippen molar-refractivity contribution in [3.63, 3.8) is 0 Å². The average molecular weight is 184 g/mol. The zero-order valence-corrected chi connectivity index (χ0v) is 8.62. The predicted molar refractivity (Wildman–Crippen MR) is 53.2 cm³/mol. The largest absolute Gasteiger partial charge is 0.339 e. The molecule has 1 aliphatic carbocycles. The molecule has 0 heterocycles. The minimum Gasteiger partial charge on any atom is -0.339 e. The molecule has 1 saturated carbocycles. The number of carbonyl (C=O) groups excluding carboxylic acids is 1. The van der Waals surface area contributed by atoms with Crippen LogP contribution in [-0.2, 0) is 4.79 Å². The number of hydrogen-bond donors (Lipinski definition) is 1. The molecule has 0 atom stereocenters. The number of nitrogens with two attached hydrogens (primary N) is 1. The molecule has 0 aliphatic heterocycles. The fourth-order valence-corrected chi connectivity index (χ4v) is 1.65. The van der Waals surface area contributed by atoms with Gasteiger partial charge in [0.25, 0.3) is 0 Å². The first kappa shape index (κ1) is 10.5. The van der Waals surface area contributed by atoms with Crippen LogP contribution in [0.1, 0.15) is 33.1 Å². The Morgan fingerprint density at radius 3 is 2.46 bits per heavy atom. The number of rotatable bonds is 4. The summed E-state index contributed by atoms with van der Waals surface area (Å²) in [6.07, 6.45) is 3.37. The van der Waals surface area contributed by atoms with Gasteiger partial charge in [0, 0.05) is 25.0 Å². The Bertz CT molecular complexity index is 176. The summed E-state index contributed by atoms with van der Waals surface area (Å²) in [6.45, 7) is 5.36. The van der Waals surface area contributed by atoms with E-state index in [2.05, 4.69) is 0 Å². The molecular formula is C10H20N2O. The Morgan fingerprint density at radius 2 is 2.15 bits per heavy atom. The van der Waals surface area contributed by atoms with Crippen LogP contribution in [0.25, 0.3) is 0 Å². The Morgan fingerprint density at radius 1 is 1.54 bits per heavy atom. The highest BCUT2D eigenvalue weighted by molar-refractivity contribution is 5.79. The minimum atomic E-state index is 0.289. The topological polar surface area (TPSA) is 46.3 Å². The molecule has 0 saturated heterocycles. The van der Waals surface area contributed by atoms with Gasteiger partial charge in [0.1, 0.15) is 0 Å². The molecule has 1 amide bonds. The van der Waals surface area contributed by atoms with Gasteiger partial charge < -0.3 is 10.6 Å². The third-order valence-electron chi connectivity index (χ3n) is 2.73. The molecule has 0 spiro atoms. The molecule has 13 heavy (non-hydrogen) atoms. The van der Waals surface area contributed by atoms with E-state index < -0.39 is 0 Å². The molecule has 1 rings (SSSR count).